The highest BCUT2D eigenvalue weighted by Gasteiger charge is 2.42. The SMILES string of the molecule is O=C(O)CCCC[C@@H]1SC[C@@H]2NC(=O)N[C@@H]21.c1ccc(CCc2ccccc2)cc1. The molecule has 0 spiro atoms. The van der Waals surface area contributed by atoms with E-state index in [1.165, 1.54) is 11.1 Å². The summed E-state index contributed by atoms with van der Waals surface area (Å²) in [6.45, 7) is 0. The highest BCUT2D eigenvalue weighted by atomic mass is 32.2. The Labute approximate surface area is 182 Å². The number of urea groups is 1. The lowest BCUT2D eigenvalue weighted by Crippen LogP contribution is -2.36. The van der Waals surface area contributed by atoms with E-state index in [-0.39, 0.29) is 24.5 Å². The summed E-state index contributed by atoms with van der Waals surface area (Å²) in [7, 11) is 0. The van der Waals surface area contributed by atoms with Gasteiger partial charge in [0.1, 0.15) is 0 Å². The quantitative estimate of drug-likeness (QED) is 0.435. The van der Waals surface area contributed by atoms with Gasteiger partial charge in [-0.25, -0.2) is 4.79 Å². The molecule has 6 heteroatoms. The number of carbonyl (C=O) groups excluding carboxylic acids is 1. The number of carbonyl (C=O) groups is 2. The van der Waals surface area contributed by atoms with Crippen molar-refractivity contribution in [3.63, 3.8) is 0 Å². The van der Waals surface area contributed by atoms with Crippen LogP contribution in [0.5, 0.6) is 0 Å². The van der Waals surface area contributed by atoms with Crippen LogP contribution in [0, 0.1) is 0 Å². The van der Waals surface area contributed by atoms with Crippen molar-refractivity contribution in [2.45, 2.75) is 55.9 Å². The van der Waals surface area contributed by atoms with E-state index in [1.807, 2.05) is 11.8 Å². The molecule has 30 heavy (non-hydrogen) atoms. The van der Waals surface area contributed by atoms with Crippen LogP contribution in [0.1, 0.15) is 36.8 Å². The molecule has 2 saturated heterocycles. The second-order valence-electron chi connectivity index (χ2n) is 7.73. The van der Waals surface area contributed by atoms with Crippen molar-refractivity contribution in [2.75, 3.05) is 5.75 Å². The lowest BCUT2D eigenvalue weighted by Gasteiger charge is -2.16. The predicted molar refractivity (Wildman–Crippen MR) is 122 cm³/mol. The Morgan fingerprint density at radius 2 is 1.53 bits per heavy atom. The van der Waals surface area contributed by atoms with Gasteiger partial charge in [-0.1, -0.05) is 67.1 Å². The van der Waals surface area contributed by atoms with Crippen molar-refractivity contribution >= 4 is 23.8 Å². The van der Waals surface area contributed by atoms with Crippen LogP contribution in [0.4, 0.5) is 4.79 Å². The average Bonchev–Trinajstić information content (AvgIpc) is 3.31. The Kier molecular flexibility index (Phi) is 8.63. The topological polar surface area (TPSA) is 78.4 Å². The van der Waals surface area contributed by atoms with Crippen LogP contribution < -0.4 is 10.6 Å². The molecule has 2 aliphatic rings. The third kappa shape index (κ3) is 7.10. The number of nitrogens with one attached hydrogen (secondary N) is 2. The van der Waals surface area contributed by atoms with E-state index in [0.717, 1.165) is 37.9 Å². The maximum Gasteiger partial charge on any atom is 0.315 e. The summed E-state index contributed by atoms with van der Waals surface area (Å²) < 4.78 is 0. The van der Waals surface area contributed by atoms with E-state index in [2.05, 4.69) is 71.3 Å². The molecule has 2 aromatic rings. The first-order valence-corrected chi connectivity index (χ1v) is 11.6. The summed E-state index contributed by atoms with van der Waals surface area (Å²) in [6.07, 6.45) is 5.14. The number of unbranched alkanes of at least 4 members (excludes halogenated alkanes) is 1. The Morgan fingerprint density at radius 1 is 0.933 bits per heavy atom. The minimum Gasteiger partial charge on any atom is -0.481 e. The molecule has 0 unspecified atom stereocenters. The number of rotatable bonds is 8. The van der Waals surface area contributed by atoms with E-state index in [4.69, 9.17) is 5.11 Å². The van der Waals surface area contributed by atoms with Gasteiger partial charge in [-0.15, -0.1) is 0 Å². The summed E-state index contributed by atoms with van der Waals surface area (Å²) in [5, 5.41) is 14.8. The minimum atomic E-state index is -0.729. The zero-order chi connectivity index (χ0) is 21.2. The fraction of sp³-hybridized carbons (Fsp3) is 0.417. The van der Waals surface area contributed by atoms with Crippen molar-refractivity contribution in [1.82, 2.24) is 10.6 Å². The van der Waals surface area contributed by atoms with E-state index in [9.17, 15) is 9.59 Å². The molecule has 0 radical (unpaired) electrons. The standard InChI is InChI=1S/C14H14.C10H16N2O3S/c1-3-7-13(8-4-1)11-12-14-9-5-2-6-10-14;13-8(14)4-2-1-3-7-9-6(5-16-7)11-10(15)12-9/h1-10H,11-12H2;6-7,9H,1-5H2,(H,13,14)(H2,11,12,15)/t;6-,7-,9-/m.0/s1. The van der Waals surface area contributed by atoms with Gasteiger partial charge in [-0.2, -0.15) is 11.8 Å². The Hall–Kier alpha value is -2.47. The van der Waals surface area contributed by atoms with Crippen LogP contribution in [-0.2, 0) is 17.6 Å². The number of carboxylic acids is 1. The largest absolute Gasteiger partial charge is 0.481 e. The third-order valence-corrected chi connectivity index (χ3v) is 6.96. The van der Waals surface area contributed by atoms with Gasteiger partial charge in [-0.05, 0) is 36.8 Å². The van der Waals surface area contributed by atoms with Gasteiger partial charge in [0.15, 0.2) is 0 Å². The van der Waals surface area contributed by atoms with E-state index in [0.29, 0.717) is 5.25 Å². The monoisotopic (exact) mass is 426 g/mol. The Morgan fingerprint density at radius 3 is 2.10 bits per heavy atom. The van der Waals surface area contributed by atoms with E-state index < -0.39 is 5.97 Å². The first-order chi connectivity index (χ1) is 14.6. The predicted octanol–water partition coefficient (Wildman–Crippen LogP) is 4.27. The number of fused-ring (bicyclic) bond motifs is 1. The fourth-order valence-electron chi connectivity index (χ4n) is 3.84. The minimum absolute atomic E-state index is 0.0640. The molecule has 2 fully saturated rings. The van der Waals surface area contributed by atoms with Crippen LogP contribution in [0.3, 0.4) is 0 Å². The maximum atomic E-state index is 11.1. The summed E-state index contributed by atoms with van der Waals surface area (Å²) in [5.41, 5.74) is 2.83. The molecule has 3 atom stereocenters. The van der Waals surface area contributed by atoms with E-state index >= 15 is 0 Å². The van der Waals surface area contributed by atoms with E-state index in [1.54, 1.807) is 0 Å². The van der Waals surface area contributed by atoms with Crippen LogP contribution in [0.25, 0.3) is 0 Å². The summed E-state index contributed by atoms with van der Waals surface area (Å²) in [5.74, 6) is 0.236. The van der Waals surface area contributed by atoms with Crippen molar-refractivity contribution < 1.29 is 14.7 Å². The summed E-state index contributed by atoms with van der Waals surface area (Å²) >= 11 is 1.87. The first kappa shape index (κ1) is 22.2. The molecule has 4 rings (SSSR count). The first-order valence-electron chi connectivity index (χ1n) is 10.6. The number of hydrogen-bond donors (Lipinski definition) is 3. The van der Waals surface area contributed by atoms with Gasteiger partial charge >= 0.3 is 12.0 Å². The van der Waals surface area contributed by atoms with Crippen LogP contribution in [-0.4, -0.2) is 40.2 Å². The number of hydrogen-bond acceptors (Lipinski definition) is 3. The lowest BCUT2D eigenvalue weighted by molar-refractivity contribution is -0.137. The zero-order valence-corrected chi connectivity index (χ0v) is 17.9. The molecule has 2 aliphatic heterocycles. The number of aryl methyl sites for hydroxylation is 2. The van der Waals surface area contributed by atoms with Crippen molar-refractivity contribution in [3.05, 3.63) is 71.8 Å². The molecule has 5 nitrogen and oxygen atoms in total. The molecular weight excluding hydrogens is 396 g/mol. The second kappa shape index (κ2) is 11.6. The number of carboxylic acid groups (broad SMARTS) is 1. The van der Waals surface area contributed by atoms with Crippen LogP contribution in [0.2, 0.25) is 0 Å². The molecule has 2 amide bonds. The number of benzene rings is 2. The van der Waals surface area contributed by atoms with Crippen LogP contribution in [0.15, 0.2) is 60.7 Å². The summed E-state index contributed by atoms with van der Waals surface area (Å²) in [4.78, 5) is 21.5. The van der Waals surface area contributed by atoms with Gasteiger partial charge in [0.2, 0.25) is 0 Å². The highest BCUT2D eigenvalue weighted by molar-refractivity contribution is 8.00. The molecular formula is C24H30N2O3S. The van der Waals surface area contributed by atoms with Gasteiger partial charge in [0.05, 0.1) is 12.1 Å². The molecule has 0 aromatic heterocycles. The molecule has 0 saturated carbocycles. The van der Waals surface area contributed by atoms with Gasteiger partial charge in [0, 0.05) is 17.4 Å². The van der Waals surface area contributed by atoms with Gasteiger partial charge in [0.25, 0.3) is 0 Å². The third-order valence-electron chi connectivity index (χ3n) is 5.46. The zero-order valence-electron chi connectivity index (χ0n) is 17.1. The van der Waals surface area contributed by atoms with Crippen molar-refractivity contribution in [3.8, 4) is 0 Å². The van der Waals surface area contributed by atoms with Gasteiger partial charge < -0.3 is 15.7 Å². The van der Waals surface area contributed by atoms with Crippen molar-refractivity contribution in [2.24, 2.45) is 0 Å². The normalized spacial score (nSPS) is 21.7. The smallest absolute Gasteiger partial charge is 0.315 e. The average molecular weight is 427 g/mol. The molecule has 2 heterocycles. The second-order valence-corrected chi connectivity index (χ2v) is 9.00. The van der Waals surface area contributed by atoms with Gasteiger partial charge in [-0.3, -0.25) is 4.79 Å². The Balaban J connectivity index is 0.000000172. The molecule has 2 aromatic carbocycles. The fourth-order valence-corrected chi connectivity index (χ4v) is 5.39. The maximum absolute atomic E-state index is 11.1. The molecule has 0 aliphatic carbocycles. The lowest BCUT2D eigenvalue weighted by atomic mass is 10.0. The van der Waals surface area contributed by atoms with Crippen LogP contribution >= 0.6 is 11.8 Å². The number of amides is 2. The summed E-state index contributed by atoms with van der Waals surface area (Å²) in [6, 6.07) is 21.7. The molecule has 0 bridgehead atoms. The Bertz CT molecular complexity index is 761. The molecule has 3 N–H and O–H groups in total. The number of aliphatic carboxylic acids is 1. The van der Waals surface area contributed by atoms with Crippen molar-refractivity contribution in [1.29, 1.82) is 0 Å². The number of thioether (sulfide) groups is 1. The highest BCUT2D eigenvalue weighted by Crippen LogP contribution is 2.33. The molecule has 160 valence electrons.